The molecule has 0 saturated heterocycles. The third kappa shape index (κ3) is 2.81. The maximum absolute atomic E-state index is 13.4. The van der Waals surface area contributed by atoms with Crippen LogP contribution in [0.5, 0.6) is 0 Å². The molecule has 17 heavy (non-hydrogen) atoms. The Morgan fingerprint density at radius 3 is 2.47 bits per heavy atom. The first-order valence-corrected chi connectivity index (χ1v) is 4.86. The Balaban J connectivity index is 0.00000144. The van der Waals surface area contributed by atoms with E-state index in [1.54, 1.807) is 32.0 Å². The van der Waals surface area contributed by atoms with Crippen LogP contribution in [-0.4, -0.2) is 10.1 Å². The molecule has 1 aromatic heterocycles. The molecule has 2 N–H and O–H groups in total. The van der Waals surface area contributed by atoms with Gasteiger partial charge in [0.1, 0.15) is 5.82 Å². The summed E-state index contributed by atoms with van der Waals surface area (Å²) in [7, 11) is 0. The maximum Gasteiger partial charge on any atom is 0.246 e. The molecule has 0 atom stereocenters. The Morgan fingerprint density at radius 2 is 1.94 bits per heavy atom. The lowest BCUT2D eigenvalue weighted by molar-refractivity contribution is 0.312. The van der Waals surface area contributed by atoms with Crippen LogP contribution in [0.1, 0.15) is 19.7 Å². The summed E-state index contributed by atoms with van der Waals surface area (Å²) < 4.78 is 18.4. The molecule has 0 fully saturated rings. The number of rotatable bonds is 2. The van der Waals surface area contributed by atoms with Crippen LogP contribution >= 0.6 is 12.4 Å². The van der Waals surface area contributed by atoms with Crippen molar-refractivity contribution in [1.82, 2.24) is 10.1 Å². The number of nitrogens with zero attached hydrogens (tertiary/aromatic N) is 2. The number of hydrogen-bond acceptors (Lipinski definition) is 4. The molecule has 2 rings (SSSR count). The predicted molar refractivity (Wildman–Crippen MR) is 64.2 cm³/mol. The highest BCUT2D eigenvalue weighted by molar-refractivity contribution is 5.85. The summed E-state index contributed by atoms with van der Waals surface area (Å²) in [6, 6.07) is 6.25. The highest BCUT2D eigenvalue weighted by Crippen LogP contribution is 2.22. The van der Waals surface area contributed by atoms with Gasteiger partial charge in [-0.15, -0.1) is 12.4 Å². The average molecular weight is 258 g/mol. The number of aromatic nitrogens is 2. The monoisotopic (exact) mass is 257 g/mol. The topological polar surface area (TPSA) is 64.9 Å². The van der Waals surface area contributed by atoms with Crippen molar-refractivity contribution in [1.29, 1.82) is 0 Å². The second kappa shape index (κ2) is 4.81. The minimum absolute atomic E-state index is 0. The Labute approximate surface area is 104 Å². The molecule has 0 amide bonds. The minimum Gasteiger partial charge on any atom is -0.337 e. The molecule has 2 aromatic rings. The lowest BCUT2D eigenvalue weighted by atomic mass is 10.1. The number of hydrogen-bond donors (Lipinski definition) is 1. The molecule has 0 spiro atoms. The fourth-order valence-electron chi connectivity index (χ4n) is 1.24. The zero-order chi connectivity index (χ0) is 11.8. The Kier molecular flexibility index (Phi) is 3.85. The van der Waals surface area contributed by atoms with Crippen molar-refractivity contribution in [2.45, 2.75) is 19.4 Å². The molecular weight excluding hydrogens is 245 g/mol. The van der Waals surface area contributed by atoms with E-state index in [1.807, 2.05) is 0 Å². The molecule has 0 unspecified atom stereocenters. The molecule has 0 radical (unpaired) electrons. The molecule has 4 nitrogen and oxygen atoms in total. The van der Waals surface area contributed by atoms with Crippen molar-refractivity contribution in [3.63, 3.8) is 0 Å². The van der Waals surface area contributed by atoms with Crippen molar-refractivity contribution < 1.29 is 8.91 Å². The average Bonchev–Trinajstić information content (AvgIpc) is 2.66. The van der Waals surface area contributed by atoms with Crippen LogP contribution in [0.25, 0.3) is 11.4 Å². The molecule has 0 aliphatic carbocycles. The lowest BCUT2D eigenvalue weighted by Crippen LogP contribution is -2.28. The largest absolute Gasteiger partial charge is 0.337 e. The highest BCUT2D eigenvalue weighted by atomic mass is 35.5. The van der Waals surface area contributed by atoms with Gasteiger partial charge in [-0.25, -0.2) is 4.39 Å². The van der Waals surface area contributed by atoms with E-state index in [9.17, 15) is 4.39 Å². The fraction of sp³-hybridized carbons (Fsp3) is 0.273. The molecule has 0 bridgehead atoms. The molecule has 1 heterocycles. The Morgan fingerprint density at radius 1 is 1.29 bits per heavy atom. The van der Waals surface area contributed by atoms with Crippen LogP contribution in [0.2, 0.25) is 0 Å². The molecule has 6 heteroatoms. The van der Waals surface area contributed by atoms with Crippen LogP contribution in [0.15, 0.2) is 28.8 Å². The number of halogens is 2. The van der Waals surface area contributed by atoms with E-state index in [0.29, 0.717) is 5.56 Å². The zero-order valence-electron chi connectivity index (χ0n) is 9.48. The number of benzene rings is 1. The first kappa shape index (κ1) is 13.6. The zero-order valence-corrected chi connectivity index (χ0v) is 10.3. The van der Waals surface area contributed by atoms with Crippen LogP contribution in [0, 0.1) is 5.82 Å². The fourth-order valence-corrected chi connectivity index (χ4v) is 1.24. The van der Waals surface area contributed by atoms with Crippen molar-refractivity contribution in [2.24, 2.45) is 5.73 Å². The smallest absolute Gasteiger partial charge is 0.246 e. The molecule has 0 aliphatic rings. The normalized spacial score (nSPS) is 11.1. The highest BCUT2D eigenvalue weighted by Gasteiger charge is 2.23. The van der Waals surface area contributed by atoms with E-state index >= 15 is 0 Å². The van der Waals surface area contributed by atoms with Gasteiger partial charge in [0, 0.05) is 0 Å². The van der Waals surface area contributed by atoms with Gasteiger partial charge >= 0.3 is 0 Å². The van der Waals surface area contributed by atoms with Crippen LogP contribution in [-0.2, 0) is 5.54 Å². The van der Waals surface area contributed by atoms with Gasteiger partial charge in [-0.2, -0.15) is 4.98 Å². The van der Waals surface area contributed by atoms with Gasteiger partial charge in [-0.1, -0.05) is 17.3 Å². The van der Waals surface area contributed by atoms with Gasteiger partial charge in [0.05, 0.1) is 11.1 Å². The maximum atomic E-state index is 13.4. The van der Waals surface area contributed by atoms with E-state index < -0.39 is 5.54 Å². The van der Waals surface area contributed by atoms with Crippen molar-refractivity contribution >= 4 is 12.4 Å². The molecule has 92 valence electrons. The lowest BCUT2D eigenvalue weighted by Gasteiger charge is -2.10. The predicted octanol–water partition coefficient (Wildman–Crippen LogP) is 2.49. The summed E-state index contributed by atoms with van der Waals surface area (Å²) in [6.45, 7) is 3.48. The molecular formula is C11H13ClFN3O. The molecule has 1 aromatic carbocycles. The van der Waals surface area contributed by atoms with Crippen LogP contribution in [0.3, 0.4) is 0 Å². The summed E-state index contributed by atoms with van der Waals surface area (Å²) in [5, 5.41) is 3.71. The minimum atomic E-state index is -0.726. The Bertz CT molecular complexity index is 507. The van der Waals surface area contributed by atoms with Gasteiger partial charge < -0.3 is 10.3 Å². The Hall–Kier alpha value is -1.46. The van der Waals surface area contributed by atoms with Gasteiger partial charge in [0.15, 0.2) is 0 Å². The van der Waals surface area contributed by atoms with Gasteiger partial charge in [0.25, 0.3) is 0 Å². The van der Waals surface area contributed by atoms with Gasteiger partial charge in [-0.3, -0.25) is 0 Å². The molecule has 0 aliphatic heterocycles. The summed E-state index contributed by atoms with van der Waals surface area (Å²) >= 11 is 0. The summed E-state index contributed by atoms with van der Waals surface area (Å²) in [6.07, 6.45) is 0. The molecule has 0 saturated carbocycles. The van der Waals surface area contributed by atoms with Gasteiger partial charge in [0.2, 0.25) is 11.7 Å². The third-order valence-electron chi connectivity index (χ3n) is 2.09. The SMILES string of the molecule is CC(C)(N)c1nc(-c2ccccc2F)no1.Cl. The van der Waals surface area contributed by atoms with E-state index in [2.05, 4.69) is 10.1 Å². The van der Waals surface area contributed by atoms with Crippen molar-refractivity contribution in [3.8, 4) is 11.4 Å². The van der Waals surface area contributed by atoms with E-state index in [1.165, 1.54) is 6.07 Å². The summed E-state index contributed by atoms with van der Waals surface area (Å²) in [5.74, 6) is 0.113. The van der Waals surface area contributed by atoms with Gasteiger partial charge in [-0.05, 0) is 26.0 Å². The number of nitrogens with two attached hydrogens (primary N) is 1. The third-order valence-corrected chi connectivity index (χ3v) is 2.09. The first-order chi connectivity index (χ1) is 7.48. The van der Waals surface area contributed by atoms with Crippen LogP contribution < -0.4 is 5.73 Å². The summed E-state index contributed by atoms with van der Waals surface area (Å²) in [4.78, 5) is 4.07. The summed E-state index contributed by atoms with van der Waals surface area (Å²) in [5.41, 5.74) is 5.38. The second-order valence-corrected chi connectivity index (χ2v) is 4.12. The first-order valence-electron chi connectivity index (χ1n) is 4.86. The van der Waals surface area contributed by atoms with E-state index in [-0.39, 0.29) is 29.9 Å². The quantitative estimate of drug-likeness (QED) is 0.898. The van der Waals surface area contributed by atoms with E-state index in [4.69, 9.17) is 10.3 Å². The van der Waals surface area contributed by atoms with Crippen molar-refractivity contribution in [3.05, 3.63) is 36.0 Å². The van der Waals surface area contributed by atoms with Crippen LogP contribution in [0.4, 0.5) is 4.39 Å². The van der Waals surface area contributed by atoms with E-state index in [0.717, 1.165) is 0 Å². The second-order valence-electron chi connectivity index (χ2n) is 4.12. The van der Waals surface area contributed by atoms with Crippen molar-refractivity contribution in [2.75, 3.05) is 0 Å². The standard InChI is InChI=1S/C11H12FN3O.ClH/c1-11(2,13)10-14-9(15-16-10)7-5-3-4-6-8(7)12;/h3-6H,13H2,1-2H3;1H.